The number of carbonyl (C=O) groups is 1. The first kappa shape index (κ1) is 9.43. The van der Waals surface area contributed by atoms with Gasteiger partial charge in [-0.25, -0.2) is 0 Å². The average molecular weight is 145 g/mol. The molecule has 0 saturated carbocycles. The van der Waals surface area contributed by atoms with Gasteiger partial charge in [-0.15, -0.1) is 0 Å². The molecule has 3 nitrogen and oxygen atoms in total. The van der Waals surface area contributed by atoms with E-state index in [-0.39, 0.29) is 11.9 Å². The summed E-state index contributed by atoms with van der Waals surface area (Å²) in [6.45, 7) is 4.72. The van der Waals surface area contributed by atoms with Gasteiger partial charge in [0, 0.05) is 6.42 Å². The van der Waals surface area contributed by atoms with Crippen LogP contribution < -0.4 is 5.73 Å². The zero-order valence-electron chi connectivity index (χ0n) is 6.59. The molecule has 0 fully saturated rings. The molecule has 0 aromatic rings. The van der Waals surface area contributed by atoms with Gasteiger partial charge in [-0.1, -0.05) is 6.92 Å². The average Bonchev–Trinajstić information content (AvgIpc) is 1.88. The second-order valence-electron chi connectivity index (χ2n) is 2.35. The molecular weight excluding hydrogens is 130 g/mol. The molecule has 1 atom stereocenters. The SMILES string of the molecule is CCOC(=O)C[C@@H](C)CN. The molecule has 0 aromatic carbocycles. The van der Waals surface area contributed by atoms with Gasteiger partial charge in [0.15, 0.2) is 0 Å². The van der Waals surface area contributed by atoms with Gasteiger partial charge in [0.25, 0.3) is 0 Å². The lowest BCUT2D eigenvalue weighted by Gasteiger charge is -2.06. The van der Waals surface area contributed by atoms with Gasteiger partial charge in [0.1, 0.15) is 0 Å². The summed E-state index contributed by atoms with van der Waals surface area (Å²) in [6.07, 6.45) is 0.435. The zero-order chi connectivity index (χ0) is 7.98. The van der Waals surface area contributed by atoms with E-state index >= 15 is 0 Å². The highest BCUT2D eigenvalue weighted by Crippen LogP contribution is 1.99. The van der Waals surface area contributed by atoms with E-state index < -0.39 is 0 Å². The van der Waals surface area contributed by atoms with Crippen LogP contribution in [0.1, 0.15) is 20.3 Å². The summed E-state index contributed by atoms with van der Waals surface area (Å²) in [7, 11) is 0. The van der Waals surface area contributed by atoms with Crippen LogP contribution in [-0.4, -0.2) is 19.1 Å². The van der Waals surface area contributed by atoms with Gasteiger partial charge >= 0.3 is 5.97 Å². The molecule has 0 radical (unpaired) electrons. The van der Waals surface area contributed by atoms with Crippen LogP contribution in [0.4, 0.5) is 0 Å². The highest BCUT2D eigenvalue weighted by Gasteiger charge is 2.06. The van der Waals surface area contributed by atoms with Crippen molar-refractivity contribution in [2.45, 2.75) is 20.3 Å². The third-order valence-electron chi connectivity index (χ3n) is 1.22. The van der Waals surface area contributed by atoms with Crippen LogP contribution in [-0.2, 0) is 9.53 Å². The van der Waals surface area contributed by atoms with Gasteiger partial charge in [0.05, 0.1) is 6.61 Å². The molecule has 2 N–H and O–H groups in total. The summed E-state index contributed by atoms with van der Waals surface area (Å²) < 4.78 is 4.72. The van der Waals surface area contributed by atoms with Crippen molar-refractivity contribution in [3.8, 4) is 0 Å². The fourth-order valence-electron chi connectivity index (χ4n) is 0.588. The van der Waals surface area contributed by atoms with Gasteiger partial charge in [-0.2, -0.15) is 0 Å². The van der Waals surface area contributed by atoms with Crippen LogP contribution in [0.15, 0.2) is 0 Å². The molecule has 0 amide bonds. The number of esters is 1. The van der Waals surface area contributed by atoms with Crippen LogP contribution in [0.3, 0.4) is 0 Å². The molecular formula is C7H15NO2. The molecule has 10 heavy (non-hydrogen) atoms. The van der Waals surface area contributed by atoms with Gasteiger partial charge in [-0.3, -0.25) is 4.79 Å². The van der Waals surface area contributed by atoms with E-state index in [0.29, 0.717) is 19.6 Å². The summed E-state index contributed by atoms with van der Waals surface area (Å²) in [5.74, 6) is 0.0829. The minimum Gasteiger partial charge on any atom is -0.466 e. The van der Waals surface area contributed by atoms with E-state index in [4.69, 9.17) is 10.5 Å². The number of rotatable bonds is 4. The number of hydrogen-bond acceptors (Lipinski definition) is 3. The van der Waals surface area contributed by atoms with Crippen LogP contribution >= 0.6 is 0 Å². The maximum atomic E-state index is 10.7. The van der Waals surface area contributed by atoms with Crippen molar-refractivity contribution >= 4 is 5.97 Å². The van der Waals surface area contributed by atoms with Gasteiger partial charge in [-0.05, 0) is 19.4 Å². The van der Waals surface area contributed by atoms with E-state index in [0.717, 1.165) is 0 Å². The Morgan fingerprint density at radius 3 is 2.70 bits per heavy atom. The fourth-order valence-corrected chi connectivity index (χ4v) is 0.588. The van der Waals surface area contributed by atoms with Crippen LogP contribution in [0, 0.1) is 5.92 Å². The second kappa shape index (κ2) is 5.23. The Kier molecular flexibility index (Phi) is 4.94. The van der Waals surface area contributed by atoms with E-state index in [2.05, 4.69) is 0 Å². The number of nitrogens with two attached hydrogens (primary N) is 1. The first-order valence-electron chi connectivity index (χ1n) is 3.56. The Balaban J connectivity index is 3.37. The molecule has 60 valence electrons. The first-order chi connectivity index (χ1) is 4.70. The van der Waals surface area contributed by atoms with E-state index in [1.807, 2.05) is 6.92 Å². The van der Waals surface area contributed by atoms with Crippen molar-refractivity contribution in [2.75, 3.05) is 13.2 Å². The normalized spacial score (nSPS) is 12.7. The summed E-state index contributed by atoms with van der Waals surface area (Å²) in [4.78, 5) is 10.7. The Morgan fingerprint density at radius 1 is 1.70 bits per heavy atom. The molecule has 0 saturated heterocycles. The minimum atomic E-state index is -0.152. The van der Waals surface area contributed by atoms with Crippen molar-refractivity contribution in [3.05, 3.63) is 0 Å². The van der Waals surface area contributed by atoms with Crippen LogP contribution in [0.25, 0.3) is 0 Å². The molecule has 0 unspecified atom stereocenters. The summed E-state index contributed by atoms with van der Waals surface area (Å²) >= 11 is 0. The molecule has 0 aliphatic carbocycles. The predicted molar refractivity (Wildman–Crippen MR) is 39.5 cm³/mol. The van der Waals surface area contributed by atoms with Crippen LogP contribution in [0.5, 0.6) is 0 Å². The maximum Gasteiger partial charge on any atom is 0.306 e. The van der Waals surface area contributed by atoms with Crippen molar-refractivity contribution < 1.29 is 9.53 Å². The Bertz CT molecular complexity index is 104. The molecule has 0 spiro atoms. The van der Waals surface area contributed by atoms with E-state index in [9.17, 15) is 4.79 Å². The molecule has 0 heterocycles. The Morgan fingerprint density at radius 2 is 2.30 bits per heavy atom. The number of ether oxygens (including phenoxy) is 1. The molecule has 0 rings (SSSR count). The highest BCUT2D eigenvalue weighted by atomic mass is 16.5. The van der Waals surface area contributed by atoms with Crippen molar-refractivity contribution in [1.29, 1.82) is 0 Å². The Hall–Kier alpha value is -0.570. The zero-order valence-corrected chi connectivity index (χ0v) is 6.59. The lowest BCUT2D eigenvalue weighted by Crippen LogP contribution is -2.16. The lowest BCUT2D eigenvalue weighted by molar-refractivity contribution is -0.144. The lowest BCUT2D eigenvalue weighted by atomic mass is 10.1. The first-order valence-corrected chi connectivity index (χ1v) is 3.56. The summed E-state index contributed by atoms with van der Waals surface area (Å²) in [6, 6.07) is 0. The number of carbonyl (C=O) groups excluding carboxylic acids is 1. The smallest absolute Gasteiger partial charge is 0.306 e. The minimum absolute atomic E-state index is 0.152. The molecule has 3 heteroatoms. The predicted octanol–water partition coefficient (Wildman–Crippen LogP) is 0.534. The third kappa shape index (κ3) is 4.32. The highest BCUT2D eigenvalue weighted by molar-refractivity contribution is 5.69. The second-order valence-corrected chi connectivity index (χ2v) is 2.35. The van der Waals surface area contributed by atoms with Gasteiger partial charge < -0.3 is 10.5 Å². The van der Waals surface area contributed by atoms with E-state index in [1.54, 1.807) is 6.92 Å². The largest absolute Gasteiger partial charge is 0.466 e. The Labute approximate surface area is 61.5 Å². The van der Waals surface area contributed by atoms with E-state index in [1.165, 1.54) is 0 Å². The molecule has 0 aromatic heterocycles. The topological polar surface area (TPSA) is 52.3 Å². The third-order valence-corrected chi connectivity index (χ3v) is 1.22. The molecule has 0 aliphatic heterocycles. The molecule has 0 bridgehead atoms. The quantitative estimate of drug-likeness (QED) is 0.587. The van der Waals surface area contributed by atoms with Gasteiger partial charge in [0.2, 0.25) is 0 Å². The molecule has 0 aliphatic rings. The standard InChI is InChI=1S/C7H15NO2/c1-3-10-7(9)4-6(2)5-8/h6H,3-5,8H2,1-2H3/t6-/m1/s1. The maximum absolute atomic E-state index is 10.7. The van der Waals surface area contributed by atoms with Crippen molar-refractivity contribution in [1.82, 2.24) is 0 Å². The number of hydrogen-bond donors (Lipinski definition) is 1. The van der Waals surface area contributed by atoms with Crippen LogP contribution in [0.2, 0.25) is 0 Å². The fraction of sp³-hybridized carbons (Fsp3) is 0.857. The summed E-state index contributed by atoms with van der Waals surface area (Å²) in [5.41, 5.74) is 5.31. The van der Waals surface area contributed by atoms with Crippen molar-refractivity contribution in [2.24, 2.45) is 11.7 Å². The van der Waals surface area contributed by atoms with Crippen molar-refractivity contribution in [3.63, 3.8) is 0 Å². The monoisotopic (exact) mass is 145 g/mol. The summed E-state index contributed by atoms with van der Waals surface area (Å²) in [5, 5.41) is 0.